The first-order chi connectivity index (χ1) is 18.5. The molecule has 3 saturated heterocycles. The lowest BCUT2D eigenvalue weighted by atomic mass is 9.79. The van der Waals surface area contributed by atoms with Crippen molar-refractivity contribution in [2.24, 2.45) is 11.8 Å². The molecule has 0 spiro atoms. The molecular formula is C25H28N4O9S. The van der Waals surface area contributed by atoms with Gasteiger partial charge in [-0.3, -0.25) is 19.7 Å². The number of fused-ring (bicyclic) bond motifs is 1. The molecule has 208 valence electrons. The second-order valence-electron chi connectivity index (χ2n) is 10.3. The summed E-state index contributed by atoms with van der Waals surface area (Å²) in [6.07, 6.45) is -0.778. The van der Waals surface area contributed by atoms with E-state index in [0.717, 1.165) is 0 Å². The highest BCUT2D eigenvalue weighted by atomic mass is 32.2. The summed E-state index contributed by atoms with van der Waals surface area (Å²) in [6, 6.07) is 4.60. The van der Waals surface area contributed by atoms with Crippen LogP contribution in [0.5, 0.6) is 0 Å². The zero-order valence-corrected chi connectivity index (χ0v) is 22.0. The molecule has 0 saturated carbocycles. The van der Waals surface area contributed by atoms with Gasteiger partial charge in [0.15, 0.2) is 0 Å². The molecule has 0 radical (unpaired) electrons. The fraction of sp³-hybridized carbons (Fsp3) is 0.520. The van der Waals surface area contributed by atoms with Gasteiger partial charge in [0.25, 0.3) is 5.69 Å². The molecule has 3 N–H and O–H groups in total. The summed E-state index contributed by atoms with van der Waals surface area (Å²) >= 11 is 1.32. The van der Waals surface area contributed by atoms with Crippen molar-refractivity contribution in [2.75, 3.05) is 6.54 Å². The number of carboxylic acid groups (broad SMARTS) is 1. The third-order valence-corrected chi connectivity index (χ3v) is 9.36. The Hall–Kier alpha value is -3.65. The zero-order chi connectivity index (χ0) is 28.2. The molecule has 2 unspecified atom stereocenters. The van der Waals surface area contributed by atoms with Crippen molar-refractivity contribution in [1.82, 2.24) is 15.1 Å². The van der Waals surface area contributed by atoms with Gasteiger partial charge in [0.1, 0.15) is 12.3 Å². The number of aliphatic hydroxyl groups excluding tert-OH is 1. The molecule has 3 fully saturated rings. The Morgan fingerprint density at radius 3 is 2.51 bits per heavy atom. The number of rotatable bonds is 8. The van der Waals surface area contributed by atoms with Crippen molar-refractivity contribution in [3.05, 3.63) is 50.5 Å². The van der Waals surface area contributed by atoms with Gasteiger partial charge in [0.2, 0.25) is 11.8 Å². The SMILES string of the molecule is CC(O)[C@H]1C(=O)N2C(C(=O)O)=C(S[C@H]3C[C@@H](C4CC(=O)N4)N(C(=O)OCc4ccc([N+](=O)[O-])cc4)C3)[C@H](C)[C@H]12. The highest BCUT2D eigenvalue weighted by Crippen LogP contribution is 2.52. The van der Waals surface area contributed by atoms with Gasteiger partial charge >= 0.3 is 12.1 Å². The van der Waals surface area contributed by atoms with Crippen LogP contribution in [0.15, 0.2) is 34.9 Å². The lowest BCUT2D eigenvalue weighted by Crippen LogP contribution is -2.63. The first kappa shape index (κ1) is 26.9. The van der Waals surface area contributed by atoms with E-state index < -0.39 is 41.0 Å². The molecule has 1 aromatic carbocycles. The van der Waals surface area contributed by atoms with Crippen LogP contribution in [0.2, 0.25) is 0 Å². The van der Waals surface area contributed by atoms with E-state index in [9.17, 15) is 39.5 Å². The lowest BCUT2D eigenvalue weighted by molar-refractivity contribution is -0.384. The quantitative estimate of drug-likeness (QED) is 0.239. The largest absolute Gasteiger partial charge is 0.477 e. The van der Waals surface area contributed by atoms with Gasteiger partial charge in [-0.15, -0.1) is 11.8 Å². The van der Waals surface area contributed by atoms with Crippen molar-refractivity contribution in [3.63, 3.8) is 0 Å². The minimum atomic E-state index is -1.22. The Morgan fingerprint density at radius 1 is 1.28 bits per heavy atom. The normalized spacial score (nSPS) is 30.3. The van der Waals surface area contributed by atoms with Crippen LogP contribution < -0.4 is 5.32 Å². The molecule has 14 heteroatoms. The van der Waals surface area contributed by atoms with E-state index in [-0.39, 0.29) is 60.1 Å². The summed E-state index contributed by atoms with van der Waals surface area (Å²) in [5.41, 5.74) is 0.422. The third kappa shape index (κ3) is 4.71. The summed E-state index contributed by atoms with van der Waals surface area (Å²) in [5, 5.41) is 33.5. The molecular weight excluding hydrogens is 532 g/mol. The number of likely N-dealkylation sites (tertiary alicyclic amines) is 1. The van der Waals surface area contributed by atoms with E-state index in [0.29, 0.717) is 16.9 Å². The summed E-state index contributed by atoms with van der Waals surface area (Å²) in [4.78, 5) is 63.2. The molecule has 3 amide bonds. The standard InChI is InChI=1S/C25H28N4O9S/c1-11-20-19(12(2)30)23(32)28(20)21(24(33)34)22(11)39-15-7-17(16-8-18(31)26-16)27(9-15)25(35)38-10-13-3-5-14(6-4-13)29(36)37/h3-6,11-12,15-17,19-20,30H,7-10H2,1-2H3,(H,26,31)(H,33,34)/t11-,12?,15+,16?,17+,19-,20-/m1/s1. The predicted molar refractivity (Wildman–Crippen MR) is 136 cm³/mol. The summed E-state index contributed by atoms with van der Waals surface area (Å²) in [7, 11) is 0. The van der Waals surface area contributed by atoms with E-state index in [4.69, 9.17) is 4.74 Å². The number of aliphatic hydroxyl groups is 1. The minimum Gasteiger partial charge on any atom is -0.477 e. The van der Waals surface area contributed by atoms with E-state index in [1.807, 2.05) is 6.92 Å². The number of nitrogens with zero attached hydrogens (tertiary/aromatic N) is 3. The number of amides is 3. The van der Waals surface area contributed by atoms with Crippen LogP contribution in [0.4, 0.5) is 10.5 Å². The van der Waals surface area contributed by atoms with Gasteiger partial charge in [0.05, 0.1) is 35.1 Å². The number of nitrogens with one attached hydrogen (secondary N) is 1. The van der Waals surface area contributed by atoms with Crippen molar-refractivity contribution < 1.29 is 39.1 Å². The van der Waals surface area contributed by atoms with Gasteiger partial charge < -0.3 is 30.1 Å². The zero-order valence-electron chi connectivity index (χ0n) is 21.2. The number of non-ortho nitro benzene ring substituents is 1. The average Bonchev–Trinajstić information content (AvgIpc) is 3.38. The van der Waals surface area contributed by atoms with Gasteiger partial charge in [-0.1, -0.05) is 6.92 Å². The Balaban J connectivity index is 1.30. The second kappa shape index (κ2) is 10.2. The highest BCUT2D eigenvalue weighted by Gasteiger charge is 2.60. The number of hydrogen-bond acceptors (Lipinski definition) is 9. The molecule has 39 heavy (non-hydrogen) atoms. The molecule has 0 aliphatic carbocycles. The van der Waals surface area contributed by atoms with Crippen LogP contribution in [0.3, 0.4) is 0 Å². The number of carboxylic acids is 1. The van der Waals surface area contributed by atoms with Crippen LogP contribution in [-0.2, 0) is 25.7 Å². The number of thioether (sulfide) groups is 1. The lowest BCUT2D eigenvalue weighted by Gasteiger charge is -2.46. The van der Waals surface area contributed by atoms with E-state index >= 15 is 0 Å². The third-order valence-electron chi connectivity index (χ3n) is 7.87. The van der Waals surface area contributed by atoms with Crippen molar-refractivity contribution in [3.8, 4) is 0 Å². The van der Waals surface area contributed by atoms with Crippen LogP contribution in [-0.4, -0.2) is 84.8 Å². The number of carbonyl (C=O) groups is 4. The maximum atomic E-state index is 13.1. The smallest absolute Gasteiger partial charge is 0.410 e. The first-order valence-electron chi connectivity index (χ1n) is 12.6. The Labute approximate surface area is 227 Å². The maximum absolute atomic E-state index is 13.1. The molecule has 0 aromatic heterocycles. The summed E-state index contributed by atoms with van der Waals surface area (Å²) in [5.74, 6) is -2.72. The average molecular weight is 561 g/mol. The molecule has 0 bridgehead atoms. The van der Waals surface area contributed by atoms with Crippen LogP contribution in [0, 0.1) is 22.0 Å². The van der Waals surface area contributed by atoms with Crippen LogP contribution in [0.25, 0.3) is 0 Å². The molecule has 1 aromatic rings. The van der Waals surface area contributed by atoms with E-state index in [1.165, 1.54) is 52.8 Å². The van der Waals surface area contributed by atoms with Crippen molar-refractivity contribution in [1.29, 1.82) is 0 Å². The summed E-state index contributed by atoms with van der Waals surface area (Å²) < 4.78 is 5.49. The van der Waals surface area contributed by atoms with Crippen LogP contribution >= 0.6 is 11.8 Å². The fourth-order valence-electron chi connectivity index (χ4n) is 5.92. The molecule has 5 rings (SSSR count). The molecule has 4 aliphatic rings. The molecule has 4 heterocycles. The topological polar surface area (TPSA) is 180 Å². The Morgan fingerprint density at radius 2 is 1.95 bits per heavy atom. The number of hydrogen-bond donors (Lipinski definition) is 3. The first-order valence-corrected chi connectivity index (χ1v) is 13.5. The van der Waals surface area contributed by atoms with Crippen molar-refractivity contribution in [2.45, 2.75) is 62.8 Å². The minimum absolute atomic E-state index is 0.0762. The highest BCUT2D eigenvalue weighted by molar-refractivity contribution is 8.03. The van der Waals surface area contributed by atoms with Crippen molar-refractivity contribution >= 4 is 41.3 Å². The maximum Gasteiger partial charge on any atom is 0.410 e. The number of aliphatic carboxylic acids is 1. The predicted octanol–water partition coefficient (Wildman–Crippen LogP) is 1.45. The Kier molecular flexibility index (Phi) is 7.01. The number of ether oxygens (including phenoxy) is 1. The van der Waals surface area contributed by atoms with E-state index in [1.54, 1.807) is 0 Å². The van der Waals surface area contributed by atoms with Crippen LogP contribution in [0.1, 0.15) is 32.3 Å². The molecule has 4 aliphatic heterocycles. The number of β-lactam (4-membered cyclic amide) rings is 2. The number of nitro groups is 1. The summed E-state index contributed by atoms with van der Waals surface area (Å²) in [6.45, 7) is 3.50. The second-order valence-corrected chi connectivity index (χ2v) is 11.7. The number of nitro benzene ring substituents is 1. The van der Waals surface area contributed by atoms with Gasteiger partial charge in [-0.2, -0.15) is 0 Å². The molecule has 13 nitrogen and oxygen atoms in total. The number of benzene rings is 1. The number of carbonyl (C=O) groups excluding carboxylic acids is 3. The van der Waals surface area contributed by atoms with Gasteiger partial charge in [0, 0.05) is 41.2 Å². The fourth-order valence-corrected chi connectivity index (χ4v) is 7.46. The monoisotopic (exact) mass is 560 g/mol. The van der Waals surface area contributed by atoms with Gasteiger partial charge in [-0.05, 0) is 31.0 Å². The van der Waals surface area contributed by atoms with Gasteiger partial charge in [-0.25, -0.2) is 9.59 Å². The van der Waals surface area contributed by atoms with E-state index in [2.05, 4.69) is 5.32 Å². The Bertz CT molecular complexity index is 1260. The molecule has 7 atom stereocenters.